The summed E-state index contributed by atoms with van der Waals surface area (Å²) < 4.78 is 24.6. The Labute approximate surface area is 128 Å². The Morgan fingerprint density at radius 1 is 1.09 bits per heavy atom. The zero-order valence-electron chi connectivity index (χ0n) is 12.1. The molecule has 2 aromatic carbocycles. The summed E-state index contributed by atoms with van der Waals surface area (Å²) in [7, 11) is 0. The van der Waals surface area contributed by atoms with E-state index < -0.39 is 11.9 Å². The van der Waals surface area contributed by atoms with E-state index in [9.17, 15) is 9.50 Å². The van der Waals surface area contributed by atoms with E-state index >= 15 is 0 Å². The highest BCUT2D eigenvalue weighted by atomic mass is 19.1. The molecule has 116 valence electrons. The van der Waals surface area contributed by atoms with Crippen LogP contribution in [0.15, 0.2) is 42.5 Å². The lowest BCUT2D eigenvalue weighted by Gasteiger charge is -2.19. The normalized spacial score (nSPS) is 14.6. The second kappa shape index (κ2) is 6.77. The number of rotatable bonds is 5. The SMILES string of the molecule is OC(CNCc1ccc2c(c1)OCCO2)c1ccccc1F. The molecule has 4 nitrogen and oxygen atoms in total. The van der Waals surface area contributed by atoms with Gasteiger partial charge in [-0.2, -0.15) is 0 Å². The van der Waals surface area contributed by atoms with Gasteiger partial charge in [0.25, 0.3) is 0 Å². The first-order valence-electron chi connectivity index (χ1n) is 7.26. The molecule has 2 aromatic rings. The van der Waals surface area contributed by atoms with Gasteiger partial charge < -0.3 is 19.9 Å². The van der Waals surface area contributed by atoms with E-state index in [1.54, 1.807) is 18.2 Å². The molecule has 0 fully saturated rings. The summed E-state index contributed by atoms with van der Waals surface area (Å²) in [5.74, 6) is 1.10. The summed E-state index contributed by atoms with van der Waals surface area (Å²) >= 11 is 0. The molecular weight excluding hydrogens is 285 g/mol. The number of nitrogens with one attached hydrogen (secondary N) is 1. The van der Waals surface area contributed by atoms with Crippen molar-refractivity contribution in [3.63, 3.8) is 0 Å². The van der Waals surface area contributed by atoms with Crippen molar-refractivity contribution >= 4 is 0 Å². The Bertz CT molecular complexity index is 648. The summed E-state index contributed by atoms with van der Waals surface area (Å²) in [6.45, 7) is 1.95. The summed E-state index contributed by atoms with van der Waals surface area (Å²) in [6.07, 6.45) is -0.876. The topological polar surface area (TPSA) is 50.7 Å². The zero-order valence-corrected chi connectivity index (χ0v) is 12.1. The molecule has 0 amide bonds. The Morgan fingerprint density at radius 2 is 1.86 bits per heavy atom. The molecule has 0 saturated heterocycles. The molecule has 3 rings (SSSR count). The summed E-state index contributed by atoms with van der Waals surface area (Å²) in [5, 5.41) is 13.1. The third-order valence-corrected chi connectivity index (χ3v) is 3.54. The smallest absolute Gasteiger partial charge is 0.161 e. The molecule has 1 heterocycles. The molecular formula is C17H18FNO3. The van der Waals surface area contributed by atoms with Crippen LogP contribution in [0.25, 0.3) is 0 Å². The number of aliphatic hydroxyl groups is 1. The lowest BCUT2D eigenvalue weighted by molar-refractivity contribution is 0.168. The highest BCUT2D eigenvalue weighted by Gasteiger charge is 2.13. The van der Waals surface area contributed by atoms with Crippen molar-refractivity contribution in [2.24, 2.45) is 0 Å². The van der Waals surface area contributed by atoms with Crippen LogP contribution in [0.5, 0.6) is 11.5 Å². The van der Waals surface area contributed by atoms with E-state index in [0.717, 1.165) is 17.1 Å². The van der Waals surface area contributed by atoms with E-state index in [-0.39, 0.29) is 6.54 Å². The summed E-state index contributed by atoms with van der Waals surface area (Å²) in [5.41, 5.74) is 1.32. The second-order valence-electron chi connectivity index (χ2n) is 5.15. The van der Waals surface area contributed by atoms with Gasteiger partial charge in [0.15, 0.2) is 11.5 Å². The first kappa shape index (κ1) is 14.8. The van der Waals surface area contributed by atoms with Crippen molar-refractivity contribution < 1.29 is 19.0 Å². The molecule has 0 saturated carbocycles. The van der Waals surface area contributed by atoms with Crippen LogP contribution >= 0.6 is 0 Å². The summed E-state index contributed by atoms with van der Waals surface area (Å²) in [4.78, 5) is 0. The molecule has 5 heteroatoms. The van der Waals surface area contributed by atoms with Crippen LogP contribution in [0.2, 0.25) is 0 Å². The maximum absolute atomic E-state index is 13.6. The molecule has 1 atom stereocenters. The zero-order chi connectivity index (χ0) is 15.4. The highest BCUT2D eigenvalue weighted by Crippen LogP contribution is 2.30. The van der Waals surface area contributed by atoms with Crippen molar-refractivity contribution in [3.8, 4) is 11.5 Å². The van der Waals surface area contributed by atoms with Crippen molar-refractivity contribution in [3.05, 3.63) is 59.4 Å². The summed E-state index contributed by atoms with van der Waals surface area (Å²) in [6, 6.07) is 12.0. The average Bonchev–Trinajstić information content (AvgIpc) is 2.55. The number of ether oxygens (including phenoxy) is 2. The molecule has 0 bridgehead atoms. The van der Waals surface area contributed by atoms with Crippen LogP contribution in [0.1, 0.15) is 17.2 Å². The van der Waals surface area contributed by atoms with Crippen molar-refractivity contribution in [1.82, 2.24) is 5.32 Å². The number of benzene rings is 2. The minimum atomic E-state index is -0.876. The Morgan fingerprint density at radius 3 is 2.68 bits per heavy atom. The Kier molecular flexibility index (Phi) is 4.56. The van der Waals surface area contributed by atoms with Gasteiger partial charge in [-0.05, 0) is 23.8 Å². The maximum atomic E-state index is 13.6. The average molecular weight is 303 g/mol. The lowest BCUT2D eigenvalue weighted by atomic mass is 10.1. The number of halogens is 1. The Hall–Kier alpha value is -2.11. The van der Waals surface area contributed by atoms with Crippen molar-refractivity contribution in [2.45, 2.75) is 12.6 Å². The number of aliphatic hydroxyl groups excluding tert-OH is 1. The van der Waals surface area contributed by atoms with Crippen LogP contribution in [0, 0.1) is 5.82 Å². The minimum absolute atomic E-state index is 0.273. The largest absolute Gasteiger partial charge is 0.486 e. The second-order valence-corrected chi connectivity index (χ2v) is 5.15. The first-order chi connectivity index (χ1) is 10.7. The van der Waals surface area contributed by atoms with Gasteiger partial charge in [-0.15, -0.1) is 0 Å². The van der Waals surface area contributed by atoms with Crippen LogP contribution in [0.3, 0.4) is 0 Å². The van der Waals surface area contributed by atoms with Gasteiger partial charge in [-0.1, -0.05) is 24.3 Å². The van der Waals surface area contributed by atoms with Crippen LogP contribution in [0.4, 0.5) is 4.39 Å². The van der Waals surface area contributed by atoms with Gasteiger partial charge in [0.05, 0.1) is 6.10 Å². The monoisotopic (exact) mass is 303 g/mol. The molecule has 0 aromatic heterocycles. The van der Waals surface area contributed by atoms with Crippen LogP contribution in [-0.2, 0) is 6.54 Å². The Balaban J connectivity index is 1.56. The van der Waals surface area contributed by atoms with Gasteiger partial charge in [0.1, 0.15) is 19.0 Å². The van der Waals surface area contributed by atoms with Crippen LogP contribution < -0.4 is 14.8 Å². The third-order valence-electron chi connectivity index (χ3n) is 3.54. The molecule has 0 spiro atoms. The molecule has 0 aliphatic carbocycles. The standard InChI is InChI=1S/C17H18FNO3/c18-14-4-2-1-3-13(14)15(20)11-19-10-12-5-6-16-17(9-12)22-8-7-21-16/h1-6,9,15,19-20H,7-8,10-11H2. The highest BCUT2D eigenvalue weighted by molar-refractivity contribution is 5.43. The van der Waals surface area contributed by atoms with Gasteiger partial charge in [0, 0.05) is 18.7 Å². The molecule has 1 unspecified atom stereocenters. The van der Waals surface area contributed by atoms with E-state index in [1.165, 1.54) is 6.07 Å². The molecule has 0 radical (unpaired) electrons. The minimum Gasteiger partial charge on any atom is -0.486 e. The molecule has 2 N–H and O–H groups in total. The molecule has 1 aliphatic rings. The molecule has 22 heavy (non-hydrogen) atoms. The number of hydrogen-bond donors (Lipinski definition) is 2. The van der Waals surface area contributed by atoms with Gasteiger partial charge >= 0.3 is 0 Å². The van der Waals surface area contributed by atoms with Gasteiger partial charge in [-0.3, -0.25) is 0 Å². The van der Waals surface area contributed by atoms with Gasteiger partial charge in [-0.25, -0.2) is 4.39 Å². The van der Waals surface area contributed by atoms with E-state index in [2.05, 4.69) is 5.32 Å². The lowest BCUT2D eigenvalue weighted by Crippen LogP contribution is -2.22. The maximum Gasteiger partial charge on any atom is 0.161 e. The fraction of sp³-hybridized carbons (Fsp3) is 0.294. The quantitative estimate of drug-likeness (QED) is 0.890. The van der Waals surface area contributed by atoms with E-state index in [1.807, 2.05) is 18.2 Å². The predicted octanol–water partition coefficient (Wildman–Crippen LogP) is 2.42. The van der Waals surface area contributed by atoms with E-state index in [4.69, 9.17) is 9.47 Å². The number of fused-ring (bicyclic) bond motifs is 1. The van der Waals surface area contributed by atoms with Crippen molar-refractivity contribution in [1.29, 1.82) is 0 Å². The van der Waals surface area contributed by atoms with Crippen molar-refractivity contribution in [2.75, 3.05) is 19.8 Å². The fourth-order valence-electron chi connectivity index (χ4n) is 2.41. The van der Waals surface area contributed by atoms with E-state index in [0.29, 0.717) is 25.3 Å². The predicted molar refractivity (Wildman–Crippen MR) is 80.5 cm³/mol. The first-order valence-corrected chi connectivity index (χ1v) is 7.26. The number of hydrogen-bond acceptors (Lipinski definition) is 4. The third kappa shape index (κ3) is 3.37. The van der Waals surface area contributed by atoms with Crippen LogP contribution in [-0.4, -0.2) is 24.9 Å². The van der Waals surface area contributed by atoms with Gasteiger partial charge in [0.2, 0.25) is 0 Å². The molecule has 1 aliphatic heterocycles. The fourth-order valence-corrected chi connectivity index (χ4v) is 2.41.